The highest BCUT2D eigenvalue weighted by molar-refractivity contribution is 7.87. The van der Waals surface area contributed by atoms with Gasteiger partial charge in [0.05, 0.1) is 20.1 Å². The van der Waals surface area contributed by atoms with Gasteiger partial charge in [-0.25, -0.2) is 4.18 Å². The minimum Gasteiger partial charge on any atom is -0.298 e. The lowest BCUT2D eigenvalue weighted by atomic mass is 10.2. The first-order valence-corrected chi connectivity index (χ1v) is 7.46. The summed E-state index contributed by atoms with van der Waals surface area (Å²) >= 11 is 0. The quantitative estimate of drug-likeness (QED) is 0.186. The van der Waals surface area contributed by atoms with Gasteiger partial charge in [-0.1, -0.05) is 5.11 Å². The third kappa shape index (κ3) is 4.45. The van der Waals surface area contributed by atoms with Crippen molar-refractivity contribution >= 4 is 10.1 Å². The highest BCUT2D eigenvalue weighted by atomic mass is 32.2. The molecule has 0 aromatic heterocycles. The van der Waals surface area contributed by atoms with Gasteiger partial charge in [-0.2, -0.15) is 21.6 Å². The molecule has 0 radical (unpaired) electrons. The first-order chi connectivity index (χ1) is 9.52. The molecular weight excluding hydrogens is 315 g/mol. The van der Waals surface area contributed by atoms with Crippen LogP contribution >= 0.6 is 0 Å². The number of azide groups is 1. The van der Waals surface area contributed by atoms with Crippen LogP contribution in [0.3, 0.4) is 0 Å². The maximum Gasteiger partial charge on any atom is 0.523 e. The fourth-order valence-corrected chi connectivity index (χ4v) is 2.62. The lowest BCUT2D eigenvalue weighted by molar-refractivity contribution is -0.952. The number of likely N-dealkylation sites (N-methyl/N-ethyl adjacent to an activating group) is 2. The van der Waals surface area contributed by atoms with Gasteiger partial charge in [0.25, 0.3) is 0 Å². The molecule has 0 aromatic carbocycles. The van der Waals surface area contributed by atoms with E-state index in [0.29, 0.717) is 26.2 Å². The molecule has 1 saturated heterocycles. The summed E-state index contributed by atoms with van der Waals surface area (Å²) in [5.41, 5.74) is 2.81. The van der Waals surface area contributed by atoms with Gasteiger partial charge < -0.3 is 0 Å². The number of rotatable bonds is 5. The molecule has 21 heavy (non-hydrogen) atoms. The Labute approximate surface area is 120 Å². The van der Waals surface area contributed by atoms with Crippen molar-refractivity contribution in [1.82, 2.24) is 4.90 Å². The topological polar surface area (TPSA) is 95.4 Å². The minimum atomic E-state index is -5.74. The van der Waals surface area contributed by atoms with Crippen molar-refractivity contribution in [1.29, 1.82) is 0 Å². The Morgan fingerprint density at radius 1 is 1.43 bits per heavy atom. The first kappa shape index (κ1) is 18.0. The van der Waals surface area contributed by atoms with Crippen molar-refractivity contribution in [2.24, 2.45) is 5.11 Å². The molecule has 1 fully saturated rings. The van der Waals surface area contributed by atoms with E-state index in [1.165, 1.54) is 0 Å². The zero-order valence-electron chi connectivity index (χ0n) is 11.6. The predicted octanol–water partition coefficient (Wildman–Crippen LogP) is 0.881. The summed E-state index contributed by atoms with van der Waals surface area (Å²) in [5, 5.41) is 3.17. The molecule has 1 heterocycles. The van der Waals surface area contributed by atoms with Crippen LogP contribution in [0.1, 0.15) is 0 Å². The third-order valence-electron chi connectivity index (χ3n) is 3.50. The van der Waals surface area contributed by atoms with E-state index in [0.717, 1.165) is 0 Å². The number of nitrogens with zero attached hydrogens (tertiary/aromatic N) is 5. The second-order valence-electron chi connectivity index (χ2n) is 5.09. The van der Waals surface area contributed by atoms with E-state index in [4.69, 9.17) is 5.53 Å². The van der Waals surface area contributed by atoms with E-state index in [1.807, 2.05) is 11.9 Å². The number of hydrogen-bond acceptors (Lipinski definition) is 5. The fourth-order valence-electron chi connectivity index (χ4n) is 1.95. The average molecular weight is 332 g/mol. The summed E-state index contributed by atoms with van der Waals surface area (Å²) in [6.07, 6.45) is -1.40. The van der Waals surface area contributed by atoms with Crippen molar-refractivity contribution in [3.8, 4) is 0 Å². The van der Waals surface area contributed by atoms with Gasteiger partial charge in [0.2, 0.25) is 6.23 Å². The van der Waals surface area contributed by atoms with Crippen molar-refractivity contribution in [2.75, 3.05) is 46.8 Å². The minimum absolute atomic E-state index is 0.0708. The largest absolute Gasteiger partial charge is 0.523 e. The highest BCUT2D eigenvalue weighted by Gasteiger charge is 2.51. The van der Waals surface area contributed by atoms with Crippen LogP contribution in [0.5, 0.6) is 0 Å². The molecule has 0 aromatic rings. The lowest BCUT2D eigenvalue weighted by Gasteiger charge is -2.44. The van der Waals surface area contributed by atoms with E-state index < -0.39 is 28.4 Å². The Hall–Kier alpha value is -1.07. The van der Waals surface area contributed by atoms with E-state index in [-0.39, 0.29) is 4.48 Å². The number of hydrogen-bond donors (Lipinski definition) is 0. The van der Waals surface area contributed by atoms with Crippen molar-refractivity contribution in [3.63, 3.8) is 0 Å². The zero-order chi connectivity index (χ0) is 16.3. The summed E-state index contributed by atoms with van der Waals surface area (Å²) in [6.45, 7) is 1.41. The van der Waals surface area contributed by atoms with Gasteiger partial charge in [-0.3, -0.25) is 9.38 Å². The summed E-state index contributed by atoms with van der Waals surface area (Å²) in [6, 6.07) is 0. The summed E-state index contributed by atoms with van der Waals surface area (Å²) in [7, 11) is -2.31. The maximum atomic E-state index is 12.4. The summed E-state index contributed by atoms with van der Waals surface area (Å²) < 4.78 is 63.9. The molecule has 1 rings (SSSR count). The Balaban J connectivity index is 2.98. The van der Waals surface area contributed by atoms with Crippen LogP contribution in [0.25, 0.3) is 10.4 Å². The van der Waals surface area contributed by atoms with Gasteiger partial charge in [-0.05, 0) is 12.6 Å². The maximum absolute atomic E-state index is 12.4. The lowest BCUT2D eigenvalue weighted by Crippen LogP contribution is -2.63. The summed E-state index contributed by atoms with van der Waals surface area (Å²) in [4.78, 5) is 4.42. The smallest absolute Gasteiger partial charge is 0.298 e. The Kier molecular flexibility index (Phi) is 5.45. The Morgan fingerprint density at radius 2 is 1.95 bits per heavy atom. The molecule has 0 N–H and O–H groups in total. The highest BCUT2D eigenvalue weighted by Crippen LogP contribution is 2.28. The van der Waals surface area contributed by atoms with Crippen molar-refractivity contribution in [2.45, 2.75) is 11.7 Å². The molecule has 1 aliphatic heterocycles. The van der Waals surface area contributed by atoms with Gasteiger partial charge in [-0.15, -0.1) is 0 Å². The van der Waals surface area contributed by atoms with Crippen LogP contribution in [0.4, 0.5) is 13.2 Å². The fraction of sp³-hybridized carbons (Fsp3) is 1.00. The van der Waals surface area contributed by atoms with Crippen molar-refractivity contribution < 1.29 is 30.3 Å². The van der Waals surface area contributed by atoms with Crippen LogP contribution < -0.4 is 0 Å². The van der Waals surface area contributed by atoms with Crippen LogP contribution in [0, 0.1) is 0 Å². The molecule has 12 heteroatoms. The molecule has 0 amide bonds. The van der Waals surface area contributed by atoms with Gasteiger partial charge in [0, 0.05) is 18.0 Å². The van der Waals surface area contributed by atoms with Gasteiger partial charge in [0.1, 0.15) is 6.54 Å². The monoisotopic (exact) mass is 332 g/mol. The molecule has 0 saturated carbocycles. The van der Waals surface area contributed by atoms with E-state index >= 15 is 0 Å². The standard InChI is InChI=1S/C9H17F3N5O3S/c1-16-3-5-17(2,6-4-16)8(7-14-15-13)20-21(18,19)9(10,11)12/h8H,3-7H2,1-2H3/q+1. The van der Waals surface area contributed by atoms with E-state index in [9.17, 15) is 21.6 Å². The number of quaternary nitrogens is 1. The van der Waals surface area contributed by atoms with Gasteiger partial charge in [0.15, 0.2) is 0 Å². The molecule has 1 atom stereocenters. The molecule has 1 aliphatic rings. The zero-order valence-corrected chi connectivity index (χ0v) is 12.4. The van der Waals surface area contributed by atoms with Crippen LogP contribution in [0.15, 0.2) is 5.11 Å². The van der Waals surface area contributed by atoms with Crippen LogP contribution in [-0.4, -0.2) is 76.4 Å². The molecule has 0 spiro atoms. The Bertz CT molecular complexity index is 509. The second kappa shape index (κ2) is 6.36. The second-order valence-corrected chi connectivity index (χ2v) is 6.66. The van der Waals surface area contributed by atoms with E-state index in [1.54, 1.807) is 7.05 Å². The molecule has 0 bridgehead atoms. The third-order valence-corrected chi connectivity index (χ3v) is 4.55. The molecule has 122 valence electrons. The average Bonchev–Trinajstić information content (AvgIpc) is 2.36. The first-order valence-electron chi connectivity index (χ1n) is 6.05. The summed E-state index contributed by atoms with van der Waals surface area (Å²) in [5.74, 6) is 0. The molecular formula is C9H17F3N5O3S+. The van der Waals surface area contributed by atoms with Crippen LogP contribution in [-0.2, 0) is 14.3 Å². The Morgan fingerprint density at radius 3 is 2.38 bits per heavy atom. The number of piperazine rings is 1. The SMILES string of the molecule is CN1CC[N+](C)(C(CN=[N+]=[N-])OS(=O)(=O)C(F)(F)F)CC1. The molecule has 0 aliphatic carbocycles. The van der Waals surface area contributed by atoms with Crippen molar-refractivity contribution in [3.05, 3.63) is 10.4 Å². The normalized spacial score (nSPS) is 21.6. The van der Waals surface area contributed by atoms with Gasteiger partial charge >= 0.3 is 15.6 Å². The van der Waals surface area contributed by atoms with E-state index in [2.05, 4.69) is 14.2 Å². The van der Waals surface area contributed by atoms with Crippen LogP contribution in [0.2, 0.25) is 0 Å². The molecule has 1 unspecified atom stereocenters. The molecule has 8 nitrogen and oxygen atoms in total. The number of halogens is 3. The number of alkyl halides is 3. The predicted molar refractivity (Wildman–Crippen MR) is 67.3 cm³/mol.